The Labute approximate surface area is 209 Å². The predicted molar refractivity (Wildman–Crippen MR) is 156 cm³/mol. The lowest BCUT2D eigenvalue weighted by atomic mass is 9.91. The third kappa shape index (κ3) is 3.16. The molecular formula is C36H24. The van der Waals surface area contributed by atoms with E-state index in [1.807, 2.05) is 0 Å². The van der Waals surface area contributed by atoms with E-state index in [9.17, 15) is 0 Å². The molecule has 0 heteroatoms. The molecule has 0 atom stereocenters. The Kier molecular flexibility index (Phi) is 4.89. The Hall–Kier alpha value is -4.68. The number of allylic oxidation sites excluding steroid dienone is 6. The van der Waals surface area contributed by atoms with Crippen LogP contribution < -0.4 is 10.4 Å². The number of fused-ring (bicyclic) bond motifs is 6. The molecule has 7 rings (SSSR count). The smallest absolute Gasteiger partial charge is 0.00139 e. The van der Waals surface area contributed by atoms with Gasteiger partial charge in [-0.2, -0.15) is 0 Å². The van der Waals surface area contributed by atoms with Crippen molar-refractivity contribution in [3.05, 3.63) is 154 Å². The molecule has 0 radical (unpaired) electrons. The monoisotopic (exact) mass is 456 g/mol. The molecule has 1 aliphatic carbocycles. The first-order chi connectivity index (χ1) is 17.9. The van der Waals surface area contributed by atoms with E-state index in [1.165, 1.54) is 64.0 Å². The first-order valence-electron chi connectivity index (χ1n) is 12.5. The maximum absolute atomic E-state index is 2.29. The van der Waals surface area contributed by atoms with Crippen molar-refractivity contribution in [1.82, 2.24) is 0 Å². The van der Waals surface area contributed by atoms with Gasteiger partial charge in [0.2, 0.25) is 0 Å². The van der Waals surface area contributed by atoms with E-state index in [1.54, 1.807) is 0 Å². The summed E-state index contributed by atoms with van der Waals surface area (Å²) in [5.74, 6) is 0. The Bertz CT molecular complexity index is 1860. The van der Waals surface area contributed by atoms with Crippen molar-refractivity contribution in [2.24, 2.45) is 0 Å². The second kappa shape index (κ2) is 8.52. The Balaban J connectivity index is 2.00. The van der Waals surface area contributed by atoms with Crippen molar-refractivity contribution in [1.29, 1.82) is 0 Å². The molecule has 6 aromatic rings. The lowest BCUT2D eigenvalue weighted by Gasteiger charge is -2.12. The van der Waals surface area contributed by atoms with Crippen LogP contribution in [0.2, 0.25) is 0 Å². The normalized spacial score (nSPS) is 15.8. The zero-order valence-corrected chi connectivity index (χ0v) is 19.9. The first-order valence-corrected chi connectivity index (χ1v) is 12.5. The Morgan fingerprint density at radius 3 is 0.806 bits per heavy atom. The van der Waals surface area contributed by atoms with E-state index in [0.29, 0.717) is 0 Å². The van der Waals surface area contributed by atoms with Gasteiger partial charge in [-0.05, 0) is 64.0 Å². The summed E-state index contributed by atoms with van der Waals surface area (Å²) in [6.45, 7) is 0. The Morgan fingerprint density at radius 1 is 0.250 bits per heavy atom. The molecule has 4 bridgehead atoms. The van der Waals surface area contributed by atoms with Gasteiger partial charge < -0.3 is 0 Å². The third-order valence-corrected chi connectivity index (χ3v) is 7.28. The molecule has 0 saturated carbocycles. The molecule has 0 fully saturated rings. The average molecular weight is 457 g/mol. The molecule has 168 valence electrons. The number of benzene rings is 6. The van der Waals surface area contributed by atoms with Crippen molar-refractivity contribution in [3.8, 4) is 0 Å². The van der Waals surface area contributed by atoms with Gasteiger partial charge in [0.25, 0.3) is 0 Å². The van der Waals surface area contributed by atoms with Gasteiger partial charge in [0.05, 0.1) is 0 Å². The molecule has 0 N–H and O–H groups in total. The molecule has 0 spiro atoms. The quantitative estimate of drug-likeness (QED) is 0.204. The highest BCUT2D eigenvalue weighted by atomic mass is 14.1. The second-order valence-electron chi connectivity index (χ2n) is 9.25. The maximum Gasteiger partial charge on any atom is -0.00139 e. The van der Waals surface area contributed by atoms with Crippen LogP contribution in [0.3, 0.4) is 0 Å². The molecule has 0 unspecified atom stereocenters. The minimum Gasteiger partial charge on any atom is -0.0623 e. The van der Waals surface area contributed by atoms with Gasteiger partial charge in [-0.1, -0.05) is 146 Å². The summed E-state index contributed by atoms with van der Waals surface area (Å²) in [6.07, 6.45) is 17.2. The molecule has 6 aromatic carbocycles. The fourth-order valence-electron chi connectivity index (χ4n) is 5.78. The van der Waals surface area contributed by atoms with Gasteiger partial charge in [0.1, 0.15) is 0 Å². The fourth-order valence-corrected chi connectivity index (χ4v) is 5.78. The van der Waals surface area contributed by atoms with E-state index >= 15 is 0 Å². The largest absolute Gasteiger partial charge is 0.0623 e. The highest BCUT2D eigenvalue weighted by Gasteiger charge is 2.10. The second-order valence-corrected chi connectivity index (χ2v) is 9.25. The summed E-state index contributed by atoms with van der Waals surface area (Å²) >= 11 is 0. The molecular weight excluding hydrogens is 432 g/mol. The molecule has 0 aliphatic heterocycles. The SMILES string of the molecule is C1=c2c3ccccc3c(c3ccccc23)=c2c3ccccc3c(c3ccccc23)=C\C=C/C=C\C=C/1. The van der Waals surface area contributed by atoms with Gasteiger partial charge >= 0.3 is 0 Å². The minimum absolute atomic E-state index is 1.26. The molecule has 0 saturated heterocycles. The summed E-state index contributed by atoms with van der Waals surface area (Å²) in [6, 6.07) is 35.5. The van der Waals surface area contributed by atoms with E-state index in [2.05, 4.69) is 146 Å². The van der Waals surface area contributed by atoms with Crippen LogP contribution >= 0.6 is 0 Å². The van der Waals surface area contributed by atoms with Crippen LogP contribution in [0.5, 0.6) is 0 Å². The van der Waals surface area contributed by atoms with Crippen molar-refractivity contribution in [2.45, 2.75) is 0 Å². The van der Waals surface area contributed by atoms with Crippen molar-refractivity contribution >= 4 is 55.2 Å². The fraction of sp³-hybridized carbons (Fsp3) is 0. The predicted octanol–water partition coefficient (Wildman–Crippen LogP) is 7.83. The zero-order chi connectivity index (χ0) is 23.9. The zero-order valence-electron chi connectivity index (χ0n) is 19.9. The highest BCUT2D eigenvalue weighted by Crippen LogP contribution is 2.28. The van der Waals surface area contributed by atoms with E-state index in [4.69, 9.17) is 0 Å². The maximum atomic E-state index is 2.29. The summed E-state index contributed by atoms with van der Waals surface area (Å²) in [7, 11) is 0. The van der Waals surface area contributed by atoms with E-state index in [0.717, 1.165) is 0 Å². The Morgan fingerprint density at radius 2 is 0.500 bits per heavy atom. The number of rotatable bonds is 0. The van der Waals surface area contributed by atoms with Crippen LogP contribution in [-0.2, 0) is 0 Å². The third-order valence-electron chi connectivity index (χ3n) is 7.28. The standard InChI is InChI=1S/C36H24/c1-2-4-6-16-26-29-19-9-13-23-33(29)36(34-24-14-10-20-30(26)34)35-31-21-11-7-17-27(31)25(15-5-3-1)28-18-8-12-22-32(28)35/h1-24H/b2-1-,3-1?,4-2?,5-3-,6-4-,15-5?,16-6?,25-15?,26-16?,36-35?. The van der Waals surface area contributed by atoms with Crippen molar-refractivity contribution in [3.63, 3.8) is 0 Å². The van der Waals surface area contributed by atoms with Gasteiger partial charge in [0, 0.05) is 0 Å². The number of hydrogen-bond acceptors (Lipinski definition) is 0. The summed E-state index contributed by atoms with van der Waals surface area (Å²) < 4.78 is 0. The van der Waals surface area contributed by atoms with E-state index < -0.39 is 0 Å². The van der Waals surface area contributed by atoms with Crippen LogP contribution in [0.15, 0.2) is 134 Å². The average Bonchev–Trinajstić information content (AvgIpc) is 2.93. The van der Waals surface area contributed by atoms with Gasteiger partial charge in [-0.15, -0.1) is 0 Å². The summed E-state index contributed by atoms with van der Waals surface area (Å²) in [5, 5.41) is 15.4. The van der Waals surface area contributed by atoms with E-state index in [-0.39, 0.29) is 0 Å². The molecule has 1 aliphatic rings. The lowest BCUT2D eigenvalue weighted by molar-refractivity contribution is 1.61. The van der Waals surface area contributed by atoms with Gasteiger partial charge in [-0.25, -0.2) is 0 Å². The van der Waals surface area contributed by atoms with Crippen LogP contribution in [0.1, 0.15) is 0 Å². The van der Waals surface area contributed by atoms with Crippen molar-refractivity contribution in [2.75, 3.05) is 0 Å². The first kappa shape index (κ1) is 20.7. The van der Waals surface area contributed by atoms with Crippen LogP contribution in [0.4, 0.5) is 0 Å². The molecule has 0 nitrogen and oxygen atoms in total. The molecule has 36 heavy (non-hydrogen) atoms. The van der Waals surface area contributed by atoms with Crippen molar-refractivity contribution < 1.29 is 0 Å². The van der Waals surface area contributed by atoms with Gasteiger partial charge in [-0.3, -0.25) is 0 Å². The lowest BCUT2D eigenvalue weighted by Crippen LogP contribution is -2.07. The molecule has 0 aromatic heterocycles. The van der Waals surface area contributed by atoms with Crippen LogP contribution in [0, 0.1) is 10.4 Å². The highest BCUT2D eigenvalue weighted by molar-refractivity contribution is 6.05. The van der Waals surface area contributed by atoms with Crippen LogP contribution in [-0.4, -0.2) is 0 Å². The minimum atomic E-state index is 1.26. The topological polar surface area (TPSA) is 0 Å². The molecule has 0 amide bonds. The van der Waals surface area contributed by atoms with Crippen LogP contribution in [0.25, 0.3) is 55.2 Å². The molecule has 0 heterocycles. The summed E-state index contributed by atoms with van der Waals surface area (Å²) in [5.41, 5.74) is 0. The number of hydrogen-bond donors (Lipinski definition) is 0. The van der Waals surface area contributed by atoms with Gasteiger partial charge in [0.15, 0.2) is 0 Å². The summed E-state index contributed by atoms with van der Waals surface area (Å²) in [4.78, 5) is 0.